The Hall–Kier alpha value is -1.55. The lowest BCUT2D eigenvalue weighted by Gasteiger charge is -2.06. The number of halogens is 1. The van der Waals surface area contributed by atoms with Crippen LogP contribution in [0.1, 0.15) is 23.0 Å². The molecule has 0 saturated carbocycles. The van der Waals surface area contributed by atoms with E-state index in [1.165, 1.54) is 0 Å². The average Bonchev–Trinajstić information content (AvgIpc) is 2.82. The highest BCUT2D eigenvalue weighted by Crippen LogP contribution is 2.27. The van der Waals surface area contributed by atoms with Crippen LogP contribution in [-0.4, -0.2) is 17.6 Å². The third kappa shape index (κ3) is 2.48. The number of rotatable bonds is 3. The molecule has 1 aromatic carbocycles. The molecule has 0 aliphatic carbocycles. The number of nitrogens with one attached hydrogen (secondary N) is 1. The first-order valence-corrected chi connectivity index (χ1v) is 6.53. The van der Waals surface area contributed by atoms with E-state index in [0.717, 1.165) is 21.2 Å². The number of aryl methyl sites for hydroxylation is 1. The number of hydrogen-bond acceptors (Lipinski definition) is 2. The lowest BCUT2D eigenvalue weighted by molar-refractivity contribution is 0.0521. The normalized spacial score (nSPS) is 10.4. The molecule has 0 amide bonds. The molecule has 0 atom stereocenters. The van der Waals surface area contributed by atoms with E-state index >= 15 is 0 Å². The second-order valence-electron chi connectivity index (χ2n) is 3.95. The second kappa shape index (κ2) is 5.40. The minimum absolute atomic E-state index is 0.321. The Morgan fingerprint density at radius 1 is 1.39 bits per heavy atom. The van der Waals surface area contributed by atoms with Gasteiger partial charge in [0.15, 0.2) is 0 Å². The summed E-state index contributed by atoms with van der Waals surface area (Å²) in [5.41, 5.74) is 3.49. The third-order valence-electron chi connectivity index (χ3n) is 2.70. The van der Waals surface area contributed by atoms with Crippen LogP contribution in [0.25, 0.3) is 11.1 Å². The van der Waals surface area contributed by atoms with Crippen molar-refractivity contribution in [1.82, 2.24) is 4.98 Å². The molecule has 0 saturated heterocycles. The molecule has 0 aliphatic rings. The van der Waals surface area contributed by atoms with Crippen LogP contribution in [0.5, 0.6) is 0 Å². The van der Waals surface area contributed by atoms with Gasteiger partial charge in [0, 0.05) is 16.2 Å². The monoisotopic (exact) mass is 307 g/mol. The fourth-order valence-electron chi connectivity index (χ4n) is 1.79. The third-order valence-corrected chi connectivity index (χ3v) is 3.59. The van der Waals surface area contributed by atoms with Crippen LogP contribution in [0.4, 0.5) is 0 Å². The second-order valence-corrected chi connectivity index (χ2v) is 4.81. The van der Waals surface area contributed by atoms with Gasteiger partial charge in [0.2, 0.25) is 0 Å². The molecule has 18 heavy (non-hydrogen) atoms. The first-order valence-electron chi connectivity index (χ1n) is 5.74. The van der Waals surface area contributed by atoms with Crippen LogP contribution in [0, 0.1) is 6.92 Å². The van der Waals surface area contributed by atoms with E-state index in [1.807, 2.05) is 31.2 Å². The van der Waals surface area contributed by atoms with Crippen molar-refractivity contribution in [1.29, 1.82) is 0 Å². The molecular formula is C14H14BrNO2. The number of ether oxygens (including phenoxy) is 1. The number of H-pyrrole nitrogens is 1. The molecular weight excluding hydrogens is 294 g/mol. The molecule has 2 rings (SSSR count). The first-order chi connectivity index (χ1) is 8.63. The fraction of sp³-hybridized carbons (Fsp3) is 0.214. The Morgan fingerprint density at radius 2 is 2.17 bits per heavy atom. The maximum Gasteiger partial charge on any atom is 0.355 e. The predicted molar refractivity (Wildman–Crippen MR) is 74.6 cm³/mol. The number of benzene rings is 1. The van der Waals surface area contributed by atoms with Crippen LogP contribution >= 0.6 is 15.9 Å². The minimum Gasteiger partial charge on any atom is -0.461 e. The van der Waals surface area contributed by atoms with Gasteiger partial charge in [-0.3, -0.25) is 0 Å². The number of carbonyl (C=O) groups is 1. The number of hydrogen-bond donors (Lipinski definition) is 1. The number of aromatic nitrogens is 1. The van der Waals surface area contributed by atoms with E-state index in [-0.39, 0.29) is 5.97 Å². The Balaban J connectivity index is 2.42. The van der Waals surface area contributed by atoms with Gasteiger partial charge < -0.3 is 9.72 Å². The van der Waals surface area contributed by atoms with Gasteiger partial charge in [0.25, 0.3) is 0 Å². The summed E-state index contributed by atoms with van der Waals surface area (Å²) in [6, 6.07) is 7.88. The van der Waals surface area contributed by atoms with Crippen molar-refractivity contribution < 1.29 is 9.53 Å². The number of aromatic amines is 1. The highest BCUT2D eigenvalue weighted by atomic mass is 79.9. The van der Waals surface area contributed by atoms with Crippen LogP contribution in [0.3, 0.4) is 0 Å². The highest BCUT2D eigenvalue weighted by Gasteiger charge is 2.15. The van der Waals surface area contributed by atoms with Gasteiger partial charge >= 0.3 is 5.97 Å². The Kier molecular flexibility index (Phi) is 3.87. The SMILES string of the molecule is CCOC(=O)c1[nH]ccc1-c1ccc(Br)c(C)c1. The summed E-state index contributed by atoms with van der Waals surface area (Å²) in [5.74, 6) is -0.321. The van der Waals surface area contributed by atoms with Crippen LogP contribution in [0.15, 0.2) is 34.9 Å². The maximum absolute atomic E-state index is 11.8. The molecule has 2 aromatic rings. The summed E-state index contributed by atoms with van der Waals surface area (Å²) < 4.78 is 6.08. The summed E-state index contributed by atoms with van der Waals surface area (Å²) in [6.45, 7) is 4.19. The summed E-state index contributed by atoms with van der Waals surface area (Å²) in [4.78, 5) is 14.7. The van der Waals surface area contributed by atoms with E-state index in [0.29, 0.717) is 12.3 Å². The fourth-order valence-corrected chi connectivity index (χ4v) is 2.04. The van der Waals surface area contributed by atoms with Crippen molar-refractivity contribution in [3.05, 3.63) is 46.2 Å². The van der Waals surface area contributed by atoms with Crippen LogP contribution in [0.2, 0.25) is 0 Å². The van der Waals surface area contributed by atoms with Gasteiger partial charge in [0.05, 0.1) is 6.61 Å². The molecule has 1 N–H and O–H groups in total. The lowest BCUT2D eigenvalue weighted by atomic mass is 10.0. The Bertz CT molecular complexity index is 575. The van der Waals surface area contributed by atoms with E-state index in [1.54, 1.807) is 13.1 Å². The molecule has 94 valence electrons. The molecule has 0 unspecified atom stereocenters. The molecule has 0 spiro atoms. The van der Waals surface area contributed by atoms with Crippen molar-refractivity contribution in [2.75, 3.05) is 6.61 Å². The Morgan fingerprint density at radius 3 is 2.83 bits per heavy atom. The molecule has 0 radical (unpaired) electrons. The van der Waals surface area contributed by atoms with Gasteiger partial charge in [-0.15, -0.1) is 0 Å². The van der Waals surface area contributed by atoms with Crippen molar-refractivity contribution in [3.8, 4) is 11.1 Å². The van der Waals surface area contributed by atoms with E-state index in [2.05, 4.69) is 20.9 Å². The number of esters is 1. The van der Waals surface area contributed by atoms with Crippen LogP contribution in [-0.2, 0) is 4.74 Å². The summed E-state index contributed by atoms with van der Waals surface area (Å²) >= 11 is 3.47. The zero-order valence-electron chi connectivity index (χ0n) is 10.3. The first kappa shape index (κ1) is 12.9. The van der Waals surface area contributed by atoms with Gasteiger partial charge in [-0.2, -0.15) is 0 Å². The van der Waals surface area contributed by atoms with E-state index < -0.39 is 0 Å². The Labute approximate surface area is 114 Å². The smallest absolute Gasteiger partial charge is 0.355 e. The molecule has 1 heterocycles. The van der Waals surface area contributed by atoms with Crippen molar-refractivity contribution in [2.45, 2.75) is 13.8 Å². The largest absolute Gasteiger partial charge is 0.461 e. The van der Waals surface area contributed by atoms with Gasteiger partial charge in [-0.1, -0.05) is 28.1 Å². The van der Waals surface area contributed by atoms with E-state index in [4.69, 9.17) is 4.74 Å². The summed E-state index contributed by atoms with van der Waals surface area (Å²) in [6.07, 6.45) is 1.75. The van der Waals surface area contributed by atoms with Crippen molar-refractivity contribution in [2.24, 2.45) is 0 Å². The molecule has 1 aromatic heterocycles. The summed E-state index contributed by atoms with van der Waals surface area (Å²) in [7, 11) is 0. The van der Waals surface area contributed by atoms with Gasteiger partial charge in [0.1, 0.15) is 5.69 Å². The minimum atomic E-state index is -0.321. The van der Waals surface area contributed by atoms with E-state index in [9.17, 15) is 4.79 Å². The predicted octanol–water partition coefficient (Wildman–Crippen LogP) is 3.93. The highest BCUT2D eigenvalue weighted by molar-refractivity contribution is 9.10. The molecule has 0 aliphatic heterocycles. The lowest BCUT2D eigenvalue weighted by Crippen LogP contribution is -2.06. The molecule has 4 heteroatoms. The van der Waals surface area contributed by atoms with Crippen molar-refractivity contribution >= 4 is 21.9 Å². The quantitative estimate of drug-likeness (QED) is 0.873. The standard InChI is InChI=1S/C14H14BrNO2/c1-3-18-14(17)13-11(6-7-16-13)10-4-5-12(15)9(2)8-10/h4-8,16H,3H2,1-2H3. The maximum atomic E-state index is 11.8. The summed E-state index contributed by atoms with van der Waals surface area (Å²) in [5, 5.41) is 0. The number of carbonyl (C=O) groups excluding carboxylic acids is 1. The average molecular weight is 308 g/mol. The molecule has 3 nitrogen and oxygen atoms in total. The van der Waals surface area contributed by atoms with Crippen LogP contribution < -0.4 is 0 Å². The van der Waals surface area contributed by atoms with Gasteiger partial charge in [-0.05, 0) is 37.1 Å². The zero-order chi connectivity index (χ0) is 13.1. The van der Waals surface area contributed by atoms with Crippen molar-refractivity contribution in [3.63, 3.8) is 0 Å². The topological polar surface area (TPSA) is 42.1 Å². The van der Waals surface area contributed by atoms with Gasteiger partial charge in [-0.25, -0.2) is 4.79 Å². The zero-order valence-corrected chi connectivity index (χ0v) is 11.9. The molecule has 0 fully saturated rings. The molecule has 0 bridgehead atoms.